The number of carbonyl (C=O) groups excluding carboxylic acids is 1. The van der Waals surface area contributed by atoms with Crippen LogP contribution < -0.4 is 15.8 Å². The molecule has 10 heteroatoms. The predicted octanol–water partition coefficient (Wildman–Crippen LogP) is 3.96. The maximum atomic E-state index is 13.7. The van der Waals surface area contributed by atoms with Crippen molar-refractivity contribution in [2.24, 2.45) is 0 Å². The molecule has 0 saturated heterocycles. The lowest BCUT2D eigenvalue weighted by Gasteiger charge is -2.12. The Hall–Kier alpha value is -2.62. The van der Waals surface area contributed by atoms with Gasteiger partial charge >= 0.3 is 6.36 Å². The minimum atomic E-state index is -5.03. The molecule has 2 rings (SSSR count). The van der Waals surface area contributed by atoms with Gasteiger partial charge in [0.05, 0.1) is 0 Å². The maximum Gasteiger partial charge on any atom is 0.573 e. The van der Waals surface area contributed by atoms with Crippen LogP contribution in [0.15, 0.2) is 36.4 Å². The van der Waals surface area contributed by atoms with Crippen LogP contribution in [0.5, 0.6) is 5.75 Å². The number of benzene rings is 2. The highest BCUT2D eigenvalue weighted by Gasteiger charge is 2.32. The van der Waals surface area contributed by atoms with E-state index in [-0.39, 0.29) is 16.7 Å². The lowest BCUT2D eigenvalue weighted by atomic mass is 10.1. The van der Waals surface area contributed by atoms with E-state index in [9.17, 15) is 22.4 Å². The lowest BCUT2D eigenvalue weighted by Crippen LogP contribution is -2.24. The van der Waals surface area contributed by atoms with Crippen LogP contribution in [0.25, 0.3) is 0 Å². The fourth-order valence-corrected chi connectivity index (χ4v) is 2.65. The number of nitrogens with two attached hydrogens (primary N) is 1. The van der Waals surface area contributed by atoms with E-state index in [0.717, 1.165) is 12.1 Å². The van der Waals surface area contributed by atoms with Crippen LogP contribution in [0.1, 0.15) is 21.5 Å². The molecule has 26 heavy (non-hydrogen) atoms. The van der Waals surface area contributed by atoms with Crippen molar-refractivity contribution in [2.75, 3.05) is 5.73 Å². The molecule has 0 spiro atoms. The van der Waals surface area contributed by atoms with Crippen molar-refractivity contribution in [3.05, 3.63) is 58.9 Å². The number of halogens is 5. The quantitative estimate of drug-likeness (QED) is 0.378. The summed E-state index contributed by atoms with van der Waals surface area (Å²) < 4.78 is 53.6. The third-order valence-electron chi connectivity index (χ3n) is 3.26. The molecule has 0 heterocycles. The second-order valence-electron chi connectivity index (χ2n) is 5.07. The summed E-state index contributed by atoms with van der Waals surface area (Å²) >= 11 is 3.01. The molecule has 0 bridgehead atoms. The van der Waals surface area contributed by atoms with Gasteiger partial charge in [0.15, 0.2) is 11.6 Å². The second kappa shape index (κ2) is 7.73. The Bertz CT molecular complexity index is 856. The van der Waals surface area contributed by atoms with Crippen molar-refractivity contribution in [2.45, 2.75) is 12.9 Å². The van der Waals surface area contributed by atoms with Crippen LogP contribution in [-0.4, -0.2) is 16.9 Å². The molecule has 0 atom stereocenters. The second-order valence-corrected chi connectivity index (χ2v) is 5.86. The maximum absolute atomic E-state index is 13.7. The van der Waals surface area contributed by atoms with Crippen LogP contribution in [-0.2, 0) is 6.54 Å². The highest BCUT2D eigenvalue weighted by molar-refractivity contribution is 9.18. The minimum absolute atomic E-state index is 0.0182. The minimum Gasteiger partial charge on any atom is -0.403 e. The number of nitrogen functional groups attached to an aromatic ring is 1. The summed E-state index contributed by atoms with van der Waals surface area (Å²) in [5.74, 6) is -3.06. The monoisotopic (exact) mass is 433 g/mol. The van der Waals surface area contributed by atoms with Gasteiger partial charge in [0, 0.05) is 23.4 Å². The van der Waals surface area contributed by atoms with Gasteiger partial charge in [0.1, 0.15) is 4.62 Å². The average molecular weight is 434 g/mol. The molecule has 1 amide bonds. The van der Waals surface area contributed by atoms with Crippen molar-refractivity contribution in [1.82, 2.24) is 5.32 Å². The van der Waals surface area contributed by atoms with Crippen molar-refractivity contribution in [3.63, 3.8) is 0 Å². The summed E-state index contributed by atoms with van der Waals surface area (Å²) in [6, 6.07) is 7.24. The molecule has 0 radical (unpaired) electrons. The Morgan fingerprint density at radius 3 is 2.54 bits per heavy atom. The first-order valence-electron chi connectivity index (χ1n) is 7.04. The van der Waals surface area contributed by atoms with E-state index in [1.165, 1.54) is 0 Å². The van der Waals surface area contributed by atoms with E-state index >= 15 is 0 Å². The van der Waals surface area contributed by atoms with Crippen molar-refractivity contribution < 1.29 is 27.1 Å². The van der Waals surface area contributed by atoms with Gasteiger partial charge < -0.3 is 15.8 Å². The molecule has 0 saturated carbocycles. The zero-order valence-electron chi connectivity index (χ0n) is 13.0. The predicted molar refractivity (Wildman–Crippen MR) is 90.9 cm³/mol. The van der Waals surface area contributed by atoms with Gasteiger partial charge in [-0.05, 0) is 45.8 Å². The number of anilines is 1. The number of nitrogens with one attached hydrogen (secondary N) is 2. The molecule has 138 valence electrons. The van der Waals surface area contributed by atoms with E-state index < -0.39 is 23.8 Å². The summed E-state index contributed by atoms with van der Waals surface area (Å²) in [5, 5.41) is 10.1. The van der Waals surface area contributed by atoms with Crippen molar-refractivity contribution in [3.8, 4) is 5.75 Å². The topological polar surface area (TPSA) is 88.2 Å². The SMILES string of the molecule is N=C(Br)c1c(N)cccc1CNC(=O)c1ccc(OC(F)(F)F)c(F)c1. The Morgan fingerprint density at radius 1 is 1.27 bits per heavy atom. The van der Waals surface area contributed by atoms with Crippen LogP contribution >= 0.6 is 15.9 Å². The number of rotatable bonds is 5. The van der Waals surface area contributed by atoms with E-state index in [0.29, 0.717) is 22.9 Å². The summed E-state index contributed by atoms with van der Waals surface area (Å²) in [4.78, 5) is 12.1. The number of alkyl halides is 3. The van der Waals surface area contributed by atoms with Gasteiger partial charge in [-0.2, -0.15) is 0 Å². The summed E-state index contributed by atoms with van der Waals surface area (Å²) in [6.45, 7) is -0.0182. The molecule has 0 aliphatic carbocycles. The number of amides is 1. The molecule has 0 fully saturated rings. The van der Waals surface area contributed by atoms with Gasteiger partial charge in [-0.1, -0.05) is 12.1 Å². The van der Waals surface area contributed by atoms with Gasteiger partial charge in [-0.25, -0.2) is 4.39 Å². The average Bonchev–Trinajstić information content (AvgIpc) is 2.52. The Morgan fingerprint density at radius 2 is 1.96 bits per heavy atom. The Balaban J connectivity index is 2.13. The molecule has 0 unspecified atom stereocenters. The van der Waals surface area contributed by atoms with Crippen molar-refractivity contribution in [1.29, 1.82) is 5.41 Å². The number of hydrogen-bond acceptors (Lipinski definition) is 4. The molecule has 2 aromatic rings. The smallest absolute Gasteiger partial charge is 0.403 e. The van der Waals surface area contributed by atoms with E-state index in [1.807, 2.05) is 0 Å². The van der Waals surface area contributed by atoms with E-state index in [2.05, 4.69) is 26.0 Å². The fourth-order valence-electron chi connectivity index (χ4n) is 2.16. The number of carbonyl (C=O) groups is 1. The molecule has 5 nitrogen and oxygen atoms in total. The van der Waals surface area contributed by atoms with Crippen LogP contribution in [0.2, 0.25) is 0 Å². The molecule has 2 aromatic carbocycles. The Kier molecular flexibility index (Phi) is 5.86. The molecule has 0 aromatic heterocycles. The molecule has 0 aliphatic rings. The first-order valence-corrected chi connectivity index (χ1v) is 7.83. The summed E-state index contributed by atoms with van der Waals surface area (Å²) in [5.41, 5.74) is 6.87. The van der Waals surface area contributed by atoms with Crippen LogP contribution in [0.3, 0.4) is 0 Å². The standard InChI is InChI=1S/C16H12BrF4N3O2/c17-14(23)13-9(2-1-3-11(13)22)7-24-15(25)8-4-5-12(10(18)6-8)26-16(19,20)21/h1-6,23H,7,22H2,(H,24,25). The molecule has 4 N–H and O–H groups in total. The molecular weight excluding hydrogens is 422 g/mol. The largest absolute Gasteiger partial charge is 0.573 e. The summed E-state index contributed by atoms with van der Waals surface area (Å²) in [7, 11) is 0. The highest BCUT2D eigenvalue weighted by atomic mass is 79.9. The molecule has 0 aliphatic heterocycles. The van der Waals surface area contributed by atoms with Gasteiger partial charge in [0.25, 0.3) is 5.91 Å². The van der Waals surface area contributed by atoms with Crippen molar-refractivity contribution >= 4 is 32.1 Å². The lowest BCUT2D eigenvalue weighted by molar-refractivity contribution is -0.275. The fraction of sp³-hybridized carbons (Fsp3) is 0.125. The number of ether oxygens (including phenoxy) is 1. The van der Waals surface area contributed by atoms with Crippen LogP contribution in [0, 0.1) is 11.2 Å². The third-order valence-corrected chi connectivity index (χ3v) is 3.66. The van der Waals surface area contributed by atoms with E-state index in [1.54, 1.807) is 18.2 Å². The van der Waals surface area contributed by atoms with E-state index in [4.69, 9.17) is 11.1 Å². The Labute approximate surface area is 153 Å². The van der Waals surface area contributed by atoms with Gasteiger partial charge in [-0.3, -0.25) is 10.2 Å². The number of hydrogen-bond donors (Lipinski definition) is 3. The highest BCUT2D eigenvalue weighted by Crippen LogP contribution is 2.26. The normalized spacial score (nSPS) is 11.1. The summed E-state index contributed by atoms with van der Waals surface area (Å²) in [6.07, 6.45) is -5.03. The van der Waals surface area contributed by atoms with Gasteiger partial charge in [-0.15, -0.1) is 13.2 Å². The zero-order valence-corrected chi connectivity index (χ0v) is 14.5. The zero-order chi connectivity index (χ0) is 19.5. The van der Waals surface area contributed by atoms with Crippen LogP contribution in [0.4, 0.5) is 23.2 Å². The first-order chi connectivity index (χ1) is 12.1. The first kappa shape index (κ1) is 19.7. The van der Waals surface area contributed by atoms with Gasteiger partial charge in [0.2, 0.25) is 0 Å². The third kappa shape index (κ3) is 4.94. The molecular formula is C16H12BrF4N3O2.